The number of nitrogens with one attached hydrogen (secondary N) is 1. The van der Waals surface area contributed by atoms with Crippen LogP contribution in [-0.2, 0) is 27.9 Å². The molecule has 1 amide bonds. The summed E-state index contributed by atoms with van der Waals surface area (Å²) in [5.41, 5.74) is 8.69. The number of aryl methyl sites for hydroxylation is 1. The molecule has 0 radical (unpaired) electrons. The lowest BCUT2D eigenvalue weighted by Crippen LogP contribution is -2.46. The van der Waals surface area contributed by atoms with E-state index in [0.717, 1.165) is 22.0 Å². The third kappa shape index (κ3) is 5.27. The van der Waals surface area contributed by atoms with E-state index >= 15 is 0 Å². The summed E-state index contributed by atoms with van der Waals surface area (Å²) in [4.78, 5) is 11.8. The van der Waals surface area contributed by atoms with Crippen molar-refractivity contribution >= 4 is 28.3 Å². The van der Waals surface area contributed by atoms with Gasteiger partial charge < -0.3 is 5.73 Å². The van der Waals surface area contributed by atoms with Crippen molar-refractivity contribution in [2.24, 2.45) is 5.73 Å². The Morgan fingerprint density at radius 1 is 1.25 bits per heavy atom. The molecule has 0 heterocycles. The minimum atomic E-state index is -4.15. The fraction of sp³-hybridized carbons (Fsp3) is 0.278. The van der Waals surface area contributed by atoms with Gasteiger partial charge in [0.1, 0.15) is 11.9 Å². The third-order valence-corrected chi connectivity index (χ3v) is 6.14. The van der Waals surface area contributed by atoms with Crippen molar-refractivity contribution in [1.82, 2.24) is 9.79 Å². The summed E-state index contributed by atoms with van der Waals surface area (Å²) in [6.07, 6.45) is 0. The van der Waals surface area contributed by atoms with E-state index in [4.69, 9.17) is 10.9 Å². The van der Waals surface area contributed by atoms with Crippen LogP contribution in [0.15, 0.2) is 47.4 Å². The van der Waals surface area contributed by atoms with Gasteiger partial charge in [-0.1, -0.05) is 24.3 Å². The van der Waals surface area contributed by atoms with Gasteiger partial charge in [-0.3, -0.25) is 10.0 Å². The minimum absolute atomic E-state index is 0. The van der Waals surface area contributed by atoms with Gasteiger partial charge in [-0.25, -0.2) is 18.3 Å². The monoisotopic (exact) mass is 431 g/mol. The number of halogens is 2. The van der Waals surface area contributed by atoms with Crippen LogP contribution in [0.4, 0.5) is 4.39 Å². The van der Waals surface area contributed by atoms with Gasteiger partial charge >= 0.3 is 0 Å². The van der Waals surface area contributed by atoms with Gasteiger partial charge in [0.15, 0.2) is 0 Å². The average Bonchev–Trinajstić information content (AvgIpc) is 2.66. The second kappa shape index (κ2) is 9.94. The first-order valence-corrected chi connectivity index (χ1v) is 9.64. The summed E-state index contributed by atoms with van der Waals surface area (Å²) >= 11 is 0. The molecule has 2 rings (SSSR count). The van der Waals surface area contributed by atoms with Crippen LogP contribution in [0.1, 0.15) is 23.6 Å². The highest BCUT2D eigenvalue weighted by Gasteiger charge is 2.33. The van der Waals surface area contributed by atoms with E-state index in [0.29, 0.717) is 5.56 Å². The Morgan fingerprint density at radius 3 is 2.46 bits per heavy atom. The molecule has 10 heteroatoms. The zero-order chi connectivity index (χ0) is 20.2. The summed E-state index contributed by atoms with van der Waals surface area (Å²) < 4.78 is 40.8. The Morgan fingerprint density at radius 2 is 1.89 bits per heavy atom. The Balaban J connectivity index is 0.00000392. The first-order chi connectivity index (χ1) is 12.7. The number of amides is 1. The standard InChI is InChI=1S/C18H22FN3O4S.ClH/c1-12-8-16(6-7-17(12)19)27(25,26)22(13(2)18(23)21-24)11-15-5-3-4-14(9-15)10-20;/h3-9,13,24H,10-11,20H2,1-2H3,(H,21,23);1H/t13-;/m1./s1. The zero-order valence-electron chi connectivity index (χ0n) is 15.4. The number of rotatable bonds is 7. The maximum absolute atomic E-state index is 13.5. The number of hydrogen-bond donors (Lipinski definition) is 3. The number of hydrogen-bond acceptors (Lipinski definition) is 5. The number of sulfonamides is 1. The lowest BCUT2D eigenvalue weighted by Gasteiger charge is -2.27. The average molecular weight is 432 g/mol. The summed E-state index contributed by atoms with van der Waals surface area (Å²) in [6, 6.07) is 9.20. The maximum Gasteiger partial charge on any atom is 0.261 e. The van der Waals surface area contributed by atoms with E-state index in [1.165, 1.54) is 25.4 Å². The lowest BCUT2D eigenvalue weighted by atomic mass is 10.1. The van der Waals surface area contributed by atoms with E-state index in [2.05, 4.69) is 0 Å². The van der Waals surface area contributed by atoms with Gasteiger partial charge in [-0.05, 0) is 48.7 Å². The van der Waals surface area contributed by atoms with Gasteiger partial charge in [0.2, 0.25) is 10.0 Å². The van der Waals surface area contributed by atoms with Crippen molar-refractivity contribution in [3.8, 4) is 0 Å². The number of hydroxylamine groups is 1. The van der Waals surface area contributed by atoms with Crippen LogP contribution in [-0.4, -0.2) is 29.9 Å². The molecule has 0 unspecified atom stereocenters. The van der Waals surface area contributed by atoms with Crippen LogP contribution in [0.5, 0.6) is 0 Å². The fourth-order valence-corrected chi connectivity index (χ4v) is 4.27. The van der Waals surface area contributed by atoms with E-state index in [1.807, 2.05) is 0 Å². The first-order valence-electron chi connectivity index (χ1n) is 8.20. The van der Waals surface area contributed by atoms with Gasteiger partial charge in [0.05, 0.1) is 4.90 Å². The molecule has 0 fully saturated rings. The predicted octanol–water partition coefficient (Wildman–Crippen LogP) is 2.10. The quantitative estimate of drug-likeness (QED) is 0.459. The highest BCUT2D eigenvalue weighted by molar-refractivity contribution is 7.89. The molecule has 0 saturated heterocycles. The third-order valence-electron chi connectivity index (χ3n) is 4.22. The highest BCUT2D eigenvalue weighted by Crippen LogP contribution is 2.23. The first kappa shape index (κ1) is 24.0. The Labute approximate surface area is 169 Å². The van der Waals surface area contributed by atoms with Crippen molar-refractivity contribution in [1.29, 1.82) is 0 Å². The van der Waals surface area contributed by atoms with Crippen LogP contribution in [0.25, 0.3) is 0 Å². The molecule has 0 aromatic heterocycles. The Bertz CT molecular complexity index is 940. The van der Waals surface area contributed by atoms with Crippen LogP contribution in [0.3, 0.4) is 0 Å². The van der Waals surface area contributed by atoms with Crippen molar-refractivity contribution in [2.75, 3.05) is 0 Å². The topological polar surface area (TPSA) is 113 Å². The largest absolute Gasteiger partial charge is 0.326 e. The molecule has 4 N–H and O–H groups in total. The second-order valence-corrected chi connectivity index (χ2v) is 8.03. The van der Waals surface area contributed by atoms with Crippen LogP contribution in [0.2, 0.25) is 0 Å². The molecule has 7 nitrogen and oxygen atoms in total. The van der Waals surface area contributed by atoms with Crippen molar-refractivity contribution in [3.05, 3.63) is 65.0 Å². The Hall–Kier alpha value is -2.04. The van der Waals surface area contributed by atoms with E-state index in [9.17, 15) is 17.6 Å². The van der Waals surface area contributed by atoms with Gasteiger partial charge in [0, 0.05) is 13.1 Å². The SMILES string of the molecule is Cc1cc(S(=O)(=O)N(Cc2cccc(CN)c2)[C@H](C)C(=O)NO)ccc1F.Cl. The zero-order valence-corrected chi connectivity index (χ0v) is 17.1. The highest BCUT2D eigenvalue weighted by atomic mass is 35.5. The molecule has 2 aromatic carbocycles. The number of benzene rings is 2. The normalized spacial score (nSPS) is 12.4. The molecule has 1 atom stereocenters. The number of carbonyl (C=O) groups excluding carboxylic acids is 1. The molecule has 0 saturated carbocycles. The summed E-state index contributed by atoms with van der Waals surface area (Å²) in [5.74, 6) is -1.41. The van der Waals surface area contributed by atoms with Crippen LogP contribution < -0.4 is 11.2 Å². The van der Waals surface area contributed by atoms with E-state index < -0.39 is 27.8 Å². The molecule has 0 bridgehead atoms. The molecule has 0 aliphatic rings. The Kier molecular flexibility index (Phi) is 8.52. The molecule has 28 heavy (non-hydrogen) atoms. The molecule has 0 aliphatic carbocycles. The van der Waals surface area contributed by atoms with Crippen LogP contribution in [0, 0.1) is 12.7 Å². The van der Waals surface area contributed by atoms with E-state index in [-0.39, 0.29) is 36.0 Å². The molecule has 0 aliphatic heterocycles. The predicted molar refractivity (Wildman–Crippen MR) is 105 cm³/mol. The van der Waals surface area contributed by atoms with Crippen LogP contribution >= 0.6 is 12.4 Å². The number of nitrogens with two attached hydrogens (primary N) is 1. The van der Waals surface area contributed by atoms with Gasteiger partial charge in [-0.15, -0.1) is 12.4 Å². The van der Waals surface area contributed by atoms with E-state index in [1.54, 1.807) is 24.3 Å². The number of carbonyl (C=O) groups is 1. The van der Waals surface area contributed by atoms with Gasteiger partial charge in [0.25, 0.3) is 5.91 Å². The maximum atomic E-state index is 13.5. The molecular formula is C18H23ClFN3O4S. The minimum Gasteiger partial charge on any atom is -0.326 e. The van der Waals surface area contributed by atoms with Crippen molar-refractivity contribution < 1.29 is 22.8 Å². The lowest BCUT2D eigenvalue weighted by molar-refractivity contribution is -0.132. The number of nitrogens with zero attached hydrogens (tertiary/aromatic N) is 1. The molecule has 154 valence electrons. The van der Waals surface area contributed by atoms with Gasteiger partial charge in [-0.2, -0.15) is 4.31 Å². The summed E-state index contributed by atoms with van der Waals surface area (Å²) in [6.45, 7) is 2.96. The molecule has 0 spiro atoms. The van der Waals surface area contributed by atoms with Crippen molar-refractivity contribution in [2.45, 2.75) is 37.9 Å². The summed E-state index contributed by atoms with van der Waals surface area (Å²) in [7, 11) is -4.15. The summed E-state index contributed by atoms with van der Waals surface area (Å²) in [5, 5.41) is 8.93. The fourth-order valence-electron chi connectivity index (χ4n) is 2.60. The molecular weight excluding hydrogens is 409 g/mol. The smallest absolute Gasteiger partial charge is 0.261 e. The second-order valence-electron chi connectivity index (χ2n) is 6.14. The molecule has 2 aromatic rings. The van der Waals surface area contributed by atoms with Crippen molar-refractivity contribution in [3.63, 3.8) is 0 Å².